The Labute approximate surface area is 60.0 Å². The monoisotopic (exact) mass is 138 g/mol. The first-order valence-corrected chi connectivity index (χ1v) is 3.41. The molecule has 1 fully saturated rings. The Morgan fingerprint density at radius 3 is 3.00 bits per heavy atom. The molecule has 1 saturated heterocycles. The Morgan fingerprint density at radius 1 is 1.90 bits per heavy atom. The predicted molar refractivity (Wildman–Crippen MR) is 35.9 cm³/mol. The summed E-state index contributed by atoms with van der Waals surface area (Å²) < 4.78 is 0. The lowest BCUT2D eigenvalue weighted by molar-refractivity contribution is -0.122. The second-order valence-electron chi connectivity index (χ2n) is 2.70. The normalized spacial score (nSPS) is 31.4. The Balaban J connectivity index is 2.48. The Morgan fingerprint density at radius 2 is 2.60 bits per heavy atom. The molecule has 1 aliphatic heterocycles. The van der Waals surface area contributed by atoms with E-state index in [9.17, 15) is 4.79 Å². The second-order valence-corrected chi connectivity index (χ2v) is 2.70. The van der Waals surface area contributed by atoms with Gasteiger partial charge in [-0.1, -0.05) is 0 Å². The van der Waals surface area contributed by atoms with Gasteiger partial charge in [-0.05, 0) is 13.3 Å². The molecule has 0 aromatic rings. The molecule has 2 unspecified atom stereocenters. The van der Waals surface area contributed by atoms with E-state index < -0.39 is 0 Å². The van der Waals surface area contributed by atoms with E-state index in [1.165, 1.54) is 0 Å². The number of nitrogens with zero attached hydrogens (tertiary/aromatic N) is 1. The Hall–Kier alpha value is -1.04. The fraction of sp³-hybridized carbons (Fsp3) is 0.714. The molecule has 2 atom stereocenters. The highest BCUT2D eigenvalue weighted by Crippen LogP contribution is 2.17. The van der Waals surface area contributed by atoms with Crippen molar-refractivity contribution in [2.24, 2.45) is 5.92 Å². The first-order chi connectivity index (χ1) is 4.74. The third kappa shape index (κ3) is 1.27. The van der Waals surface area contributed by atoms with Gasteiger partial charge in [-0.25, -0.2) is 0 Å². The molecule has 0 spiro atoms. The maximum Gasteiger partial charge on any atom is 0.224 e. The summed E-state index contributed by atoms with van der Waals surface area (Å²) in [5.41, 5.74) is 0. The average Bonchev–Trinajstić information content (AvgIpc) is 2.13. The van der Waals surface area contributed by atoms with Crippen LogP contribution in [0.1, 0.15) is 19.8 Å². The van der Waals surface area contributed by atoms with Crippen LogP contribution in [0.5, 0.6) is 0 Å². The molecule has 0 bridgehead atoms. The molecule has 1 N–H and O–H groups in total. The van der Waals surface area contributed by atoms with Crippen molar-refractivity contribution in [2.75, 3.05) is 0 Å². The van der Waals surface area contributed by atoms with Crippen molar-refractivity contribution >= 4 is 5.91 Å². The quantitative estimate of drug-likeness (QED) is 0.571. The summed E-state index contributed by atoms with van der Waals surface area (Å²) in [5.74, 6) is -0.0194. The zero-order valence-electron chi connectivity index (χ0n) is 5.92. The summed E-state index contributed by atoms with van der Waals surface area (Å²) in [6, 6.07) is 2.26. The van der Waals surface area contributed by atoms with Crippen molar-refractivity contribution in [2.45, 2.75) is 25.8 Å². The summed E-state index contributed by atoms with van der Waals surface area (Å²) in [7, 11) is 0. The topological polar surface area (TPSA) is 52.9 Å². The van der Waals surface area contributed by atoms with Crippen molar-refractivity contribution in [1.82, 2.24) is 5.32 Å². The minimum absolute atomic E-state index is 0.0362. The molecule has 1 amide bonds. The number of amides is 1. The minimum atomic E-state index is -0.0556. The number of hydrogen-bond acceptors (Lipinski definition) is 2. The van der Waals surface area contributed by atoms with E-state index in [1.807, 2.05) is 13.0 Å². The average molecular weight is 138 g/mol. The van der Waals surface area contributed by atoms with Gasteiger partial charge in [0, 0.05) is 12.5 Å². The summed E-state index contributed by atoms with van der Waals surface area (Å²) >= 11 is 0. The van der Waals surface area contributed by atoms with Gasteiger partial charge in [0.05, 0.1) is 12.0 Å². The SMILES string of the molecule is CC1CC(CC#N)C(=O)N1. The summed E-state index contributed by atoms with van der Waals surface area (Å²) in [5, 5.41) is 11.1. The molecule has 54 valence electrons. The van der Waals surface area contributed by atoms with E-state index in [0.29, 0.717) is 6.42 Å². The summed E-state index contributed by atoms with van der Waals surface area (Å²) in [6.07, 6.45) is 1.17. The van der Waals surface area contributed by atoms with Crippen molar-refractivity contribution in [1.29, 1.82) is 5.26 Å². The van der Waals surface area contributed by atoms with E-state index in [4.69, 9.17) is 5.26 Å². The van der Waals surface area contributed by atoms with E-state index >= 15 is 0 Å². The highest BCUT2D eigenvalue weighted by Gasteiger charge is 2.28. The van der Waals surface area contributed by atoms with Crippen LogP contribution in [0.25, 0.3) is 0 Å². The van der Waals surface area contributed by atoms with Crippen LogP contribution in [0.2, 0.25) is 0 Å². The van der Waals surface area contributed by atoms with Crippen LogP contribution >= 0.6 is 0 Å². The number of hydrogen-bond donors (Lipinski definition) is 1. The van der Waals surface area contributed by atoms with E-state index in [1.54, 1.807) is 0 Å². The van der Waals surface area contributed by atoms with Crippen LogP contribution < -0.4 is 5.32 Å². The van der Waals surface area contributed by atoms with Crippen molar-refractivity contribution in [3.63, 3.8) is 0 Å². The van der Waals surface area contributed by atoms with Gasteiger partial charge in [0.2, 0.25) is 5.91 Å². The zero-order valence-corrected chi connectivity index (χ0v) is 5.92. The van der Waals surface area contributed by atoms with E-state index in [0.717, 1.165) is 6.42 Å². The van der Waals surface area contributed by atoms with Crippen LogP contribution in [-0.2, 0) is 4.79 Å². The molecule has 0 saturated carbocycles. The van der Waals surface area contributed by atoms with Crippen molar-refractivity contribution in [3.8, 4) is 6.07 Å². The summed E-state index contributed by atoms with van der Waals surface area (Å²) in [4.78, 5) is 10.9. The van der Waals surface area contributed by atoms with Gasteiger partial charge in [-0.3, -0.25) is 4.79 Å². The van der Waals surface area contributed by atoms with E-state index in [-0.39, 0.29) is 17.9 Å². The molecule has 10 heavy (non-hydrogen) atoms. The Bertz CT molecular complexity index is 183. The van der Waals surface area contributed by atoms with Crippen molar-refractivity contribution < 1.29 is 4.79 Å². The van der Waals surface area contributed by atoms with Gasteiger partial charge in [-0.2, -0.15) is 5.26 Å². The highest BCUT2D eigenvalue weighted by atomic mass is 16.2. The smallest absolute Gasteiger partial charge is 0.224 e. The van der Waals surface area contributed by atoms with Crippen LogP contribution in [0.4, 0.5) is 0 Å². The van der Waals surface area contributed by atoms with E-state index in [2.05, 4.69) is 5.32 Å². The molecular formula is C7H10N2O. The van der Waals surface area contributed by atoms with Gasteiger partial charge < -0.3 is 5.32 Å². The number of rotatable bonds is 1. The first kappa shape index (κ1) is 7.07. The zero-order chi connectivity index (χ0) is 7.56. The predicted octanol–water partition coefficient (Wildman–Crippen LogP) is 0.425. The summed E-state index contributed by atoms with van der Waals surface area (Å²) in [6.45, 7) is 1.95. The number of nitrogens with one attached hydrogen (secondary N) is 1. The first-order valence-electron chi connectivity index (χ1n) is 3.41. The molecule has 0 aromatic heterocycles. The van der Waals surface area contributed by atoms with Gasteiger partial charge in [0.15, 0.2) is 0 Å². The molecule has 3 nitrogen and oxygen atoms in total. The van der Waals surface area contributed by atoms with Gasteiger partial charge >= 0.3 is 0 Å². The maximum atomic E-state index is 10.9. The fourth-order valence-electron chi connectivity index (χ4n) is 1.24. The molecular weight excluding hydrogens is 128 g/mol. The molecule has 0 aromatic carbocycles. The third-order valence-corrected chi connectivity index (χ3v) is 1.74. The van der Waals surface area contributed by atoms with Crippen LogP contribution in [0, 0.1) is 17.2 Å². The molecule has 1 heterocycles. The second kappa shape index (κ2) is 2.70. The number of carbonyl (C=O) groups is 1. The van der Waals surface area contributed by atoms with Gasteiger partial charge in [0.25, 0.3) is 0 Å². The van der Waals surface area contributed by atoms with Crippen LogP contribution in [-0.4, -0.2) is 11.9 Å². The molecule has 1 aliphatic rings. The molecule has 0 radical (unpaired) electrons. The third-order valence-electron chi connectivity index (χ3n) is 1.74. The van der Waals surface area contributed by atoms with Crippen molar-refractivity contribution in [3.05, 3.63) is 0 Å². The minimum Gasteiger partial charge on any atom is -0.353 e. The highest BCUT2D eigenvalue weighted by molar-refractivity contribution is 5.81. The molecule has 0 aliphatic carbocycles. The lowest BCUT2D eigenvalue weighted by Crippen LogP contribution is -2.23. The molecule has 3 heteroatoms. The standard InChI is InChI=1S/C7H10N2O/c1-5-4-6(2-3-8)7(10)9-5/h5-6H,2,4H2,1H3,(H,9,10). The number of carbonyl (C=O) groups excluding carboxylic acids is 1. The lowest BCUT2D eigenvalue weighted by atomic mass is 10.0. The molecule has 1 rings (SSSR count). The maximum absolute atomic E-state index is 10.9. The van der Waals surface area contributed by atoms with Gasteiger partial charge in [0.1, 0.15) is 0 Å². The van der Waals surface area contributed by atoms with Crippen LogP contribution in [0.15, 0.2) is 0 Å². The van der Waals surface area contributed by atoms with Crippen LogP contribution in [0.3, 0.4) is 0 Å². The van der Waals surface area contributed by atoms with Gasteiger partial charge in [-0.15, -0.1) is 0 Å². The Kier molecular flexibility index (Phi) is 1.91. The lowest BCUT2D eigenvalue weighted by Gasteiger charge is -1.96. The number of nitriles is 1. The largest absolute Gasteiger partial charge is 0.353 e. The fourth-order valence-corrected chi connectivity index (χ4v) is 1.24.